The van der Waals surface area contributed by atoms with Gasteiger partial charge in [0.1, 0.15) is 5.75 Å². The van der Waals surface area contributed by atoms with Crippen molar-refractivity contribution in [2.45, 2.75) is 5.54 Å². The van der Waals surface area contributed by atoms with Crippen molar-refractivity contribution in [3.63, 3.8) is 0 Å². The minimum absolute atomic E-state index is 0.309. The van der Waals surface area contributed by atoms with E-state index in [-0.39, 0.29) is 0 Å². The number of ether oxygens (including phenoxy) is 1. The summed E-state index contributed by atoms with van der Waals surface area (Å²) >= 11 is 0. The number of rotatable bonds is 5. The van der Waals surface area contributed by atoms with Crippen LogP contribution in [0.1, 0.15) is 11.1 Å². The third kappa shape index (κ3) is 2.90. The average molecular weight is 252 g/mol. The number of allylic oxidation sites excluding steroid dienone is 1. The molecule has 2 radical (unpaired) electrons. The Morgan fingerprint density at radius 1 is 1.06 bits per heavy atom. The Labute approximate surface area is 111 Å². The monoisotopic (exact) mass is 252 g/mol. The topological polar surface area (TPSA) is 9.23 Å². The van der Waals surface area contributed by atoms with Crippen LogP contribution in [0.2, 0.25) is 0 Å². The van der Waals surface area contributed by atoms with Gasteiger partial charge in [0, 0.05) is 5.54 Å². The first-order chi connectivity index (χ1) is 8.85. The highest BCUT2D eigenvalue weighted by Gasteiger charge is 2.13. The van der Waals surface area contributed by atoms with E-state index in [1.165, 1.54) is 10.8 Å². The van der Waals surface area contributed by atoms with Gasteiger partial charge in [0.15, 0.2) is 0 Å². The molecule has 0 saturated heterocycles. The second kappa shape index (κ2) is 6.22. The molecule has 1 unspecified atom stereocenters. The normalized spacial score (nSPS) is 11.8. The molecule has 0 amide bonds. The molecule has 0 N–H and O–H groups in total. The largest absolute Gasteiger partial charge is 0.496 e. The summed E-state index contributed by atoms with van der Waals surface area (Å²) in [4.78, 5) is 0. The standard InChI is InChI=1S/C16H16OSi/c1-3-16(18-13-9-5-4-6-10-13)14-11-7-8-12-15(14)17-2/h3-12,16H,1H2,2H3. The van der Waals surface area contributed by atoms with Gasteiger partial charge in [-0.15, -0.1) is 6.58 Å². The summed E-state index contributed by atoms with van der Waals surface area (Å²) in [6, 6.07) is 18.7. The molecule has 0 aliphatic carbocycles. The Balaban J connectivity index is 2.26. The van der Waals surface area contributed by atoms with Crippen molar-refractivity contribution in [2.75, 3.05) is 7.11 Å². The van der Waals surface area contributed by atoms with Gasteiger partial charge >= 0.3 is 0 Å². The summed E-state index contributed by atoms with van der Waals surface area (Å²) in [5.41, 5.74) is 1.51. The highest BCUT2D eigenvalue weighted by Crippen LogP contribution is 2.26. The van der Waals surface area contributed by atoms with Crippen LogP contribution in [0.3, 0.4) is 0 Å². The number of hydrogen-bond donors (Lipinski definition) is 0. The van der Waals surface area contributed by atoms with E-state index in [1.54, 1.807) is 7.11 Å². The molecule has 2 aromatic rings. The van der Waals surface area contributed by atoms with Crippen molar-refractivity contribution >= 4 is 14.7 Å². The Morgan fingerprint density at radius 2 is 1.72 bits per heavy atom. The van der Waals surface area contributed by atoms with Gasteiger partial charge in [0.05, 0.1) is 16.6 Å². The van der Waals surface area contributed by atoms with Gasteiger partial charge in [-0.25, -0.2) is 0 Å². The highest BCUT2D eigenvalue weighted by atomic mass is 28.2. The van der Waals surface area contributed by atoms with Crippen molar-refractivity contribution < 1.29 is 4.74 Å². The predicted molar refractivity (Wildman–Crippen MR) is 77.8 cm³/mol. The molecule has 0 fully saturated rings. The summed E-state index contributed by atoms with van der Waals surface area (Å²) in [6.07, 6.45) is 2.00. The molecule has 1 atom stereocenters. The fraction of sp³-hybridized carbons (Fsp3) is 0.125. The molecule has 2 aromatic carbocycles. The van der Waals surface area contributed by atoms with Gasteiger partial charge in [-0.3, -0.25) is 0 Å². The van der Waals surface area contributed by atoms with Crippen molar-refractivity contribution in [1.29, 1.82) is 0 Å². The molecule has 0 bridgehead atoms. The van der Waals surface area contributed by atoms with Gasteiger partial charge in [-0.2, -0.15) is 0 Å². The lowest BCUT2D eigenvalue weighted by atomic mass is 10.1. The van der Waals surface area contributed by atoms with Gasteiger partial charge in [0.25, 0.3) is 0 Å². The lowest BCUT2D eigenvalue weighted by molar-refractivity contribution is 0.410. The summed E-state index contributed by atoms with van der Waals surface area (Å²) in [5, 5.41) is 1.34. The molecule has 18 heavy (non-hydrogen) atoms. The Hall–Kier alpha value is -1.80. The predicted octanol–water partition coefficient (Wildman–Crippen LogP) is 2.95. The molecule has 2 heteroatoms. The molecule has 0 saturated carbocycles. The molecule has 90 valence electrons. The SMILES string of the molecule is C=CC([Si]c1ccccc1)c1ccccc1OC. The quantitative estimate of drug-likeness (QED) is 0.587. The average Bonchev–Trinajstić information content (AvgIpc) is 2.46. The summed E-state index contributed by atoms with van der Waals surface area (Å²) in [6.45, 7) is 3.96. The second-order valence-corrected chi connectivity index (χ2v) is 5.45. The molecule has 0 aliphatic rings. The smallest absolute Gasteiger partial charge is 0.122 e. The number of methoxy groups -OCH3 is 1. The Kier molecular flexibility index (Phi) is 4.37. The van der Waals surface area contributed by atoms with Crippen LogP contribution in [0.25, 0.3) is 0 Å². The fourth-order valence-electron chi connectivity index (χ4n) is 1.90. The molecule has 0 heterocycles. The minimum atomic E-state index is 0.309. The maximum Gasteiger partial charge on any atom is 0.122 e. The lowest BCUT2D eigenvalue weighted by Gasteiger charge is -2.15. The highest BCUT2D eigenvalue weighted by molar-refractivity contribution is 6.55. The van der Waals surface area contributed by atoms with E-state index in [0.717, 1.165) is 5.75 Å². The van der Waals surface area contributed by atoms with Crippen molar-refractivity contribution in [3.8, 4) is 5.75 Å². The van der Waals surface area contributed by atoms with Crippen LogP contribution in [-0.4, -0.2) is 16.6 Å². The molecule has 0 aliphatic heterocycles. The maximum absolute atomic E-state index is 5.42. The van der Waals surface area contributed by atoms with E-state index in [4.69, 9.17) is 4.74 Å². The number of hydrogen-bond acceptors (Lipinski definition) is 1. The Bertz CT molecular complexity index is 508. The Morgan fingerprint density at radius 3 is 2.39 bits per heavy atom. The molecule has 1 nitrogen and oxygen atoms in total. The molecule has 0 spiro atoms. The van der Waals surface area contributed by atoms with Crippen LogP contribution in [0, 0.1) is 0 Å². The van der Waals surface area contributed by atoms with E-state index < -0.39 is 0 Å². The van der Waals surface area contributed by atoms with Crippen LogP contribution >= 0.6 is 0 Å². The van der Waals surface area contributed by atoms with Crippen LogP contribution in [0.4, 0.5) is 0 Å². The molecular weight excluding hydrogens is 236 g/mol. The van der Waals surface area contributed by atoms with Crippen LogP contribution < -0.4 is 9.92 Å². The van der Waals surface area contributed by atoms with Crippen molar-refractivity contribution in [3.05, 3.63) is 72.8 Å². The summed E-state index contributed by atoms with van der Waals surface area (Å²) in [5.74, 6) is 0.936. The van der Waals surface area contributed by atoms with Crippen LogP contribution in [-0.2, 0) is 0 Å². The van der Waals surface area contributed by atoms with Crippen molar-refractivity contribution in [2.24, 2.45) is 0 Å². The van der Waals surface area contributed by atoms with Gasteiger partial charge < -0.3 is 4.74 Å². The van der Waals surface area contributed by atoms with Gasteiger partial charge in [-0.1, -0.05) is 59.8 Å². The summed E-state index contributed by atoms with van der Waals surface area (Å²) < 4.78 is 5.42. The van der Waals surface area contributed by atoms with Gasteiger partial charge in [0.2, 0.25) is 0 Å². The first kappa shape index (κ1) is 12.6. The maximum atomic E-state index is 5.42. The first-order valence-corrected chi connectivity index (χ1v) is 7.00. The molecular formula is C16H16OSi. The minimum Gasteiger partial charge on any atom is -0.496 e. The lowest BCUT2D eigenvalue weighted by Crippen LogP contribution is -2.20. The molecule has 2 rings (SSSR count). The van der Waals surface area contributed by atoms with Crippen molar-refractivity contribution in [1.82, 2.24) is 0 Å². The van der Waals surface area contributed by atoms with Gasteiger partial charge in [-0.05, 0) is 11.6 Å². The van der Waals surface area contributed by atoms with E-state index in [1.807, 2.05) is 30.3 Å². The van der Waals surface area contributed by atoms with E-state index in [2.05, 4.69) is 36.9 Å². The van der Waals surface area contributed by atoms with E-state index in [9.17, 15) is 0 Å². The van der Waals surface area contributed by atoms with Crippen LogP contribution in [0.5, 0.6) is 5.75 Å². The van der Waals surface area contributed by atoms with Crippen LogP contribution in [0.15, 0.2) is 67.3 Å². The zero-order valence-electron chi connectivity index (χ0n) is 10.5. The fourth-order valence-corrected chi connectivity index (χ4v) is 3.16. The molecule has 0 aromatic heterocycles. The first-order valence-electron chi connectivity index (χ1n) is 5.92. The van der Waals surface area contributed by atoms with E-state index >= 15 is 0 Å². The summed E-state index contributed by atoms with van der Waals surface area (Å²) in [7, 11) is 2.39. The number of benzene rings is 2. The second-order valence-electron chi connectivity index (χ2n) is 3.97. The zero-order valence-corrected chi connectivity index (χ0v) is 11.5. The van der Waals surface area contributed by atoms with E-state index in [0.29, 0.717) is 15.1 Å². The third-order valence-corrected chi connectivity index (χ3v) is 4.33. The number of para-hydroxylation sites is 1. The third-order valence-electron chi connectivity index (χ3n) is 2.81. The zero-order chi connectivity index (χ0) is 12.8.